The molecule has 0 aromatic carbocycles. The Hall–Kier alpha value is -0.880. The van der Waals surface area contributed by atoms with Crippen LogP contribution in [0.5, 0.6) is 0 Å². The molecule has 0 aromatic heterocycles. The van der Waals surface area contributed by atoms with Crippen molar-refractivity contribution in [1.29, 1.82) is 0 Å². The predicted molar refractivity (Wildman–Crippen MR) is 44.7 cm³/mol. The van der Waals surface area contributed by atoms with Gasteiger partial charge < -0.3 is 0 Å². The molecular weight excluding hydrogens is 190 g/mol. The van der Waals surface area contributed by atoms with Crippen LogP contribution in [0.4, 0.5) is 0 Å². The average molecular weight is 197 g/mol. The molecule has 10 heavy (non-hydrogen) atoms. The Morgan fingerprint density at radius 3 is 2.50 bits per heavy atom. The van der Waals surface area contributed by atoms with E-state index in [1.807, 2.05) is 12.2 Å². The highest BCUT2D eigenvalue weighted by Crippen LogP contribution is 1.65. The van der Waals surface area contributed by atoms with E-state index in [9.17, 15) is 0 Å². The van der Waals surface area contributed by atoms with Gasteiger partial charge in [0, 0.05) is 33.7 Å². The predicted octanol–water partition coefficient (Wildman–Crippen LogP) is -0.110. The van der Waals surface area contributed by atoms with Crippen LogP contribution in [-0.4, -0.2) is 6.54 Å². The van der Waals surface area contributed by atoms with Gasteiger partial charge in [0.15, 0.2) is 0 Å². The second-order valence-corrected chi connectivity index (χ2v) is 1.75. The van der Waals surface area contributed by atoms with Crippen molar-refractivity contribution < 1.29 is 5.32 Å². The van der Waals surface area contributed by atoms with Crippen molar-refractivity contribution in [3.8, 4) is 34.6 Å². The molecule has 0 spiro atoms. The third kappa shape index (κ3) is 7.12. The monoisotopic (exact) mass is 196 g/mol. The van der Waals surface area contributed by atoms with Crippen molar-refractivity contribution in [3.05, 3.63) is 0 Å². The first kappa shape index (κ1) is 9.12. The molecule has 0 saturated carbocycles. The minimum atomic E-state index is 0.957. The van der Waals surface area contributed by atoms with E-state index < -0.39 is 0 Å². The Morgan fingerprint density at radius 2 is 1.90 bits per heavy atom. The first-order valence-electron chi connectivity index (χ1n) is 2.84. The Bertz CT molecular complexity index is 248. The molecule has 50 valence electrons. The van der Waals surface area contributed by atoms with Gasteiger partial charge in [-0.15, -0.1) is 0 Å². The summed E-state index contributed by atoms with van der Waals surface area (Å²) in [7, 11) is 0. The van der Waals surface area contributed by atoms with E-state index in [1.54, 1.807) is 0 Å². The van der Waals surface area contributed by atoms with E-state index >= 15 is 0 Å². The molecule has 2 heteroatoms. The molecule has 0 aliphatic heterocycles. The first-order valence-corrected chi connectivity index (χ1v) is 3.64. The fraction of sp³-hybridized carbons (Fsp3) is 0.250. The quantitative estimate of drug-likeness (QED) is 0.565. The molecule has 2 N–H and O–H groups in total. The standard InChI is InChI=1S/C8H6BrN/c1-2-10-8-6-4-3-5-7-9/h10H,2H2,1H3/p+1. The molecule has 0 bridgehead atoms. The fourth-order valence-corrected chi connectivity index (χ4v) is 0.374. The lowest BCUT2D eigenvalue weighted by Gasteiger charge is -1.72. The number of hydrogen-bond donors (Lipinski definition) is 1. The summed E-state index contributed by atoms with van der Waals surface area (Å²) in [6, 6.07) is 2.76. The highest BCUT2D eigenvalue weighted by Gasteiger charge is 1.66. The lowest BCUT2D eigenvalue weighted by molar-refractivity contribution is -0.563. The van der Waals surface area contributed by atoms with Gasteiger partial charge in [-0.2, -0.15) is 0 Å². The highest BCUT2D eigenvalue weighted by molar-refractivity contribution is 9.12. The van der Waals surface area contributed by atoms with E-state index in [4.69, 9.17) is 0 Å². The number of hydrogen-bond acceptors (Lipinski definition) is 0. The van der Waals surface area contributed by atoms with Crippen LogP contribution in [-0.2, 0) is 0 Å². The van der Waals surface area contributed by atoms with Crippen molar-refractivity contribution in [3.63, 3.8) is 0 Å². The zero-order valence-corrected chi connectivity index (χ0v) is 7.25. The maximum Gasteiger partial charge on any atom is 0.148 e. The zero-order chi connectivity index (χ0) is 7.66. The highest BCUT2D eigenvalue weighted by atomic mass is 79.9. The van der Waals surface area contributed by atoms with E-state index in [0.29, 0.717) is 0 Å². The minimum absolute atomic E-state index is 0.957. The summed E-state index contributed by atoms with van der Waals surface area (Å²) in [6.45, 7) is 2.99. The van der Waals surface area contributed by atoms with Crippen molar-refractivity contribution in [1.82, 2.24) is 0 Å². The number of rotatable bonds is 1. The molecule has 1 nitrogen and oxygen atoms in total. The van der Waals surface area contributed by atoms with Gasteiger partial charge in [0.05, 0.1) is 6.54 Å². The molecule has 0 fully saturated rings. The normalized spacial score (nSPS) is 5.40. The average Bonchev–Trinajstić information content (AvgIpc) is 1.97. The Labute approximate surface area is 69.7 Å². The molecule has 0 aliphatic rings. The van der Waals surface area contributed by atoms with Crippen molar-refractivity contribution in [2.45, 2.75) is 6.92 Å². The Balaban J connectivity index is 3.63. The summed E-state index contributed by atoms with van der Waals surface area (Å²) in [6.07, 6.45) is 0. The Kier molecular flexibility index (Phi) is 7.41. The lowest BCUT2D eigenvalue weighted by atomic mass is 10.6. The topological polar surface area (TPSA) is 16.6 Å². The second-order valence-electron chi connectivity index (χ2n) is 1.35. The van der Waals surface area contributed by atoms with Crippen LogP contribution in [0.3, 0.4) is 0 Å². The first-order chi connectivity index (χ1) is 4.91. The van der Waals surface area contributed by atoms with Gasteiger partial charge in [-0.25, -0.2) is 0 Å². The van der Waals surface area contributed by atoms with Gasteiger partial charge in [0.25, 0.3) is 0 Å². The molecule has 0 radical (unpaired) electrons. The van der Waals surface area contributed by atoms with Gasteiger partial charge in [0.1, 0.15) is 6.04 Å². The van der Waals surface area contributed by atoms with Crippen LogP contribution in [0.25, 0.3) is 0 Å². The number of halogens is 1. The van der Waals surface area contributed by atoms with Gasteiger partial charge in [-0.3, -0.25) is 5.32 Å². The molecule has 0 amide bonds. The maximum absolute atomic E-state index is 2.91. The van der Waals surface area contributed by atoms with Crippen molar-refractivity contribution in [2.24, 2.45) is 0 Å². The van der Waals surface area contributed by atoms with Crippen molar-refractivity contribution >= 4 is 15.9 Å². The summed E-state index contributed by atoms with van der Waals surface area (Å²) in [5.41, 5.74) is 0. The molecule has 0 aromatic rings. The number of nitrogens with two attached hydrogens (primary N) is 1. The van der Waals surface area contributed by atoms with Gasteiger partial charge in [0.2, 0.25) is 0 Å². The third-order valence-corrected chi connectivity index (χ3v) is 0.811. The Morgan fingerprint density at radius 1 is 1.20 bits per heavy atom. The van der Waals surface area contributed by atoms with E-state index in [2.05, 4.69) is 50.5 Å². The summed E-state index contributed by atoms with van der Waals surface area (Å²) < 4.78 is 0. The van der Waals surface area contributed by atoms with E-state index in [0.717, 1.165) is 6.54 Å². The SMILES string of the molecule is CC[NH2+]C#CC#CC#CBr. The van der Waals surface area contributed by atoms with Crippen LogP contribution >= 0.6 is 15.9 Å². The molecule has 0 saturated heterocycles. The van der Waals surface area contributed by atoms with Crippen LogP contribution in [0, 0.1) is 34.6 Å². The maximum atomic E-state index is 2.91. The molecule has 0 rings (SSSR count). The van der Waals surface area contributed by atoms with E-state index in [-0.39, 0.29) is 0 Å². The molecule has 0 atom stereocenters. The lowest BCUT2D eigenvalue weighted by Crippen LogP contribution is -2.78. The molecular formula is C8H7BrN+. The smallest absolute Gasteiger partial charge is 0.148 e. The minimum Gasteiger partial charge on any atom is -0.269 e. The summed E-state index contributed by atoms with van der Waals surface area (Å²) >= 11 is 2.91. The zero-order valence-electron chi connectivity index (χ0n) is 5.66. The van der Waals surface area contributed by atoms with Crippen LogP contribution in [0.2, 0.25) is 0 Å². The van der Waals surface area contributed by atoms with Crippen LogP contribution in [0.1, 0.15) is 6.92 Å². The van der Waals surface area contributed by atoms with Gasteiger partial charge in [-0.05, 0) is 17.7 Å². The van der Waals surface area contributed by atoms with Crippen LogP contribution < -0.4 is 5.32 Å². The van der Waals surface area contributed by atoms with E-state index in [1.165, 1.54) is 0 Å². The van der Waals surface area contributed by atoms with Crippen molar-refractivity contribution in [2.75, 3.05) is 6.54 Å². The summed E-state index contributed by atoms with van der Waals surface area (Å²) in [5.74, 6) is 10.3. The third-order valence-electron chi connectivity index (χ3n) is 0.613. The largest absolute Gasteiger partial charge is 0.269 e. The molecule has 0 heterocycles. The van der Waals surface area contributed by atoms with Gasteiger partial charge in [-0.1, -0.05) is 0 Å². The summed E-state index contributed by atoms with van der Waals surface area (Å²) in [4.78, 5) is 2.47. The molecule has 0 aliphatic carbocycles. The summed E-state index contributed by atoms with van der Waals surface area (Å²) in [5, 5.41) is 1.86. The van der Waals surface area contributed by atoms with Crippen LogP contribution in [0.15, 0.2) is 0 Å². The second kappa shape index (κ2) is 8.12. The fourth-order valence-electron chi connectivity index (χ4n) is 0.275. The number of quaternary nitrogens is 1. The molecule has 0 unspecified atom stereocenters. The van der Waals surface area contributed by atoms with Gasteiger partial charge >= 0.3 is 0 Å².